The number of esters is 2. The van der Waals surface area contributed by atoms with Gasteiger partial charge in [0.15, 0.2) is 5.78 Å². The molecule has 0 aliphatic rings. The van der Waals surface area contributed by atoms with Gasteiger partial charge in [0.25, 0.3) is 5.69 Å². The van der Waals surface area contributed by atoms with Crippen molar-refractivity contribution in [2.75, 3.05) is 7.11 Å². The number of carbonyl (C=O) groups excluding carboxylic acids is 3. The summed E-state index contributed by atoms with van der Waals surface area (Å²) in [5.74, 6) is -1.14. The van der Waals surface area contributed by atoms with Crippen molar-refractivity contribution in [2.45, 2.75) is 0 Å². The summed E-state index contributed by atoms with van der Waals surface area (Å²) in [5, 5.41) is 10.7. The first kappa shape index (κ1) is 22.1. The second-order valence-corrected chi connectivity index (χ2v) is 6.53. The van der Waals surface area contributed by atoms with Gasteiger partial charge in [-0.25, -0.2) is 9.59 Å². The number of carbonyl (C=O) groups is 3. The van der Waals surface area contributed by atoms with E-state index in [9.17, 15) is 24.5 Å². The summed E-state index contributed by atoms with van der Waals surface area (Å²) in [7, 11) is 1.30. The molecule has 3 rings (SSSR count). The second kappa shape index (κ2) is 9.94. The number of methoxy groups -OCH3 is 1. The minimum Gasteiger partial charge on any atom is -0.465 e. The van der Waals surface area contributed by atoms with Gasteiger partial charge in [-0.1, -0.05) is 18.2 Å². The van der Waals surface area contributed by atoms with Crippen LogP contribution in [0.5, 0.6) is 5.75 Å². The van der Waals surface area contributed by atoms with E-state index in [-0.39, 0.29) is 22.8 Å². The number of nitro benzene ring substituents is 1. The standard InChI is InChI=1S/C24H17NO7/c1-31-23(27)18-5-2-16(3-6-18)4-15-22(26)17-9-13-21(14-10-17)32-24(28)19-7-11-20(12-8-19)25(29)30/h2-15H,1H3. The molecule has 8 nitrogen and oxygen atoms in total. The van der Waals surface area contributed by atoms with Crippen molar-refractivity contribution in [1.29, 1.82) is 0 Å². The van der Waals surface area contributed by atoms with Gasteiger partial charge < -0.3 is 9.47 Å². The van der Waals surface area contributed by atoms with E-state index < -0.39 is 16.9 Å². The molecule has 0 atom stereocenters. The van der Waals surface area contributed by atoms with Gasteiger partial charge in [0.2, 0.25) is 0 Å². The molecule has 3 aromatic carbocycles. The number of benzene rings is 3. The van der Waals surface area contributed by atoms with Crippen LogP contribution in [0, 0.1) is 10.1 Å². The fourth-order valence-corrected chi connectivity index (χ4v) is 2.69. The average Bonchev–Trinajstić information content (AvgIpc) is 2.82. The molecule has 0 N–H and O–H groups in total. The lowest BCUT2D eigenvalue weighted by atomic mass is 10.1. The molecule has 0 heterocycles. The molecule has 0 saturated carbocycles. The summed E-state index contributed by atoms with van der Waals surface area (Å²) >= 11 is 0. The van der Waals surface area contributed by atoms with Crippen LogP contribution < -0.4 is 4.74 Å². The molecular weight excluding hydrogens is 414 g/mol. The van der Waals surface area contributed by atoms with Gasteiger partial charge >= 0.3 is 11.9 Å². The van der Waals surface area contributed by atoms with Crippen molar-refractivity contribution >= 4 is 29.5 Å². The van der Waals surface area contributed by atoms with Gasteiger partial charge in [0.1, 0.15) is 5.75 Å². The Kier molecular flexibility index (Phi) is 6.87. The van der Waals surface area contributed by atoms with Gasteiger partial charge in [-0.3, -0.25) is 14.9 Å². The van der Waals surface area contributed by atoms with Crippen molar-refractivity contribution in [1.82, 2.24) is 0 Å². The Bertz CT molecular complexity index is 1180. The van der Waals surface area contributed by atoms with Crippen molar-refractivity contribution in [3.63, 3.8) is 0 Å². The number of ketones is 1. The zero-order valence-corrected chi connectivity index (χ0v) is 16.9. The van der Waals surface area contributed by atoms with Crippen LogP contribution in [0.1, 0.15) is 36.6 Å². The Balaban J connectivity index is 1.61. The van der Waals surface area contributed by atoms with Crippen LogP contribution in [-0.4, -0.2) is 29.8 Å². The van der Waals surface area contributed by atoms with Crippen LogP contribution in [0.3, 0.4) is 0 Å². The first-order chi connectivity index (χ1) is 15.4. The number of rotatable bonds is 7. The van der Waals surface area contributed by atoms with Crippen molar-refractivity contribution < 1.29 is 28.8 Å². The summed E-state index contributed by atoms with van der Waals surface area (Å²) in [6, 6.07) is 17.6. The number of hydrogen-bond acceptors (Lipinski definition) is 7. The summed E-state index contributed by atoms with van der Waals surface area (Å²) < 4.78 is 9.87. The lowest BCUT2D eigenvalue weighted by molar-refractivity contribution is -0.384. The van der Waals surface area contributed by atoms with E-state index >= 15 is 0 Å². The van der Waals surface area contributed by atoms with Crippen molar-refractivity contribution in [2.24, 2.45) is 0 Å². The zero-order chi connectivity index (χ0) is 23.1. The van der Waals surface area contributed by atoms with E-state index in [1.165, 1.54) is 61.7 Å². The number of non-ortho nitro benzene ring substituents is 1. The molecule has 0 radical (unpaired) electrons. The molecule has 160 valence electrons. The quantitative estimate of drug-likeness (QED) is 0.135. The fourth-order valence-electron chi connectivity index (χ4n) is 2.69. The highest BCUT2D eigenvalue weighted by molar-refractivity contribution is 6.07. The molecule has 3 aromatic rings. The molecule has 0 bridgehead atoms. The molecule has 0 fully saturated rings. The van der Waals surface area contributed by atoms with Crippen LogP contribution in [0.4, 0.5) is 5.69 Å². The molecule has 0 unspecified atom stereocenters. The highest BCUT2D eigenvalue weighted by atomic mass is 16.6. The number of nitro groups is 1. The van der Waals surface area contributed by atoms with E-state index in [0.717, 1.165) is 5.56 Å². The third-order valence-electron chi connectivity index (χ3n) is 4.42. The predicted molar refractivity (Wildman–Crippen MR) is 116 cm³/mol. The minimum atomic E-state index is -0.672. The zero-order valence-electron chi connectivity index (χ0n) is 16.9. The van der Waals surface area contributed by atoms with Crippen LogP contribution in [0.2, 0.25) is 0 Å². The summed E-state index contributed by atoms with van der Waals surface area (Å²) in [5.41, 5.74) is 1.57. The number of allylic oxidation sites excluding steroid dienone is 1. The summed E-state index contributed by atoms with van der Waals surface area (Å²) in [4.78, 5) is 46.1. The van der Waals surface area contributed by atoms with Crippen LogP contribution in [0.25, 0.3) is 6.08 Å². The van der Waals surface area contributed by atoms with Crippen molar-refractivity contribution in [3.05, 3.63) is 111 Å². The number of nitrogens with zero attached hydrogens (tertiary/aromatic N) is 1. The van der Waals surface area contributed by atoms with Gasteiger partial charge in [0.05, 0.1) is 23.2 Å². The topological polar surface area (TPSA) is 113 Å². The van der Waals surface area contributed by atoms with E-state index in [4.69, 9.17) is 4.74 Å². The predicted octanol–water partition coefficient (Wildman–Crippen LogP) is 4.50. The van der Waals surface area contributed by atoms with E-state index in [0.29, 0.717) is 11.1 Å². The second-order valence-electron chi connectivity index (χ2n) is 6.53. The average molecular weight is 431 g/mol. The van der Waals surface area contributed by atoms with Crippen LogP contribution >= 0.6 is 0 Å². The molecule has 8 heteroatoms. The van der Waals surface area contributed by atoms with E-state index in [1.54, 1.807) is 30.3 Å². The van der Waals surface area contributed by atoms with Gasteiger partial charge in [0, 0.05) is 17.7 Å². The monoisotopic (exact) mass is 431 g/mol. The van der Waals surface area contributed by atoms with E-state index in [2.05, 4.69) is 4.74 Å². The Hall–Kier alpha value is -4.59. The third-order valence-corrected chi connectivity index (χ3v) is 4.42. The lowest BCUT2D eigenvalue weighted by Crippen LogP contribution is -2.08. The highest BCUT2D eigenvalue weighted by Gasteiger charge is 2.12. The largest absolute Gasteiger partial charge is 0.465 e. The Labute approximate surface area is 182 Å². The molecule has 0 aliphatic carbocycles. The minimum absolute atomic E-state index is 0.128. The first-order valence-electron chi connectivity index (χ1n) is 9.35. The van der Waals surface area contributed by atoms with Gasteiger partial charge in [-0.15, -0.1) is 0 Å². The van der Waals surface area contributed by atoms with E-state index in [1.807, 2.05) is 0 Å². The number of hydrogen-bond donors (Lipinski definition) is 0. The smallest absolute Gasteiger partial charge is 0.343 e. The molecule has 0 amide bonds. The maximum Gasteiger partial charge on any atom is 0.343 e. The maximum atomic E-state index is 12.4. The SMILES string of the molecule is COC(=O)c1ccc(C=CC(=O)c2ccc(OC(=O)c3ccc([N+](=O)[O-])cc3)cc2)cc1. The fraction of sp³-hybridized carbons (Fsp3) is 0.0417. The number of ether oxygens (including phenoxy) is 2. The highest BCUT2D eigenvalue weighted by Crippen LogP contribution is 2.17. The molecule has 0 spiro atoms. The van der Waals surface area contributed by atoms with Gasteiger partial charge in [-0.2, -0.15) is 0 Å². The molecular formula is C24H17NO7. The third kappa shape index (κ3) is 5.51. The Morgan fingerprint density at radius 2 is 1.31 bits per heavy atom. The molecule has 0 saturated heterocycles. The van der Waals surface area contributed by atoms with Gasteiger partial charge in [-0.05, 0) is 60.2 Å². The normalized spacial score (nSPS) is 10.5. The lowest BCUT2D eigenvalue weighted by Gasteiger charge is -2.05. The van der Waals surface area contributed by atoms with Crippen LogP contribution in [0.15, 0.2) is 78.9 Å². The Morgan fingerprint density at radius 1 is 0.781 bits per heavy atom. The summed E-state index contributed by atoms with van der Waals surface area (Å²) in [6.45, 7) is 0. The molecule has 0 aromatic heterocycles. The summed E-state index contributed by atoms with van der Waals surface area (Å²) in [6.07, 6.45) is 3.01. The molecule has 0 aliphatic heterocycles. The first-order valence-corrected chi connectivity index (χ1v) is 9.35. The van der Waals surface area contributed by atoms with Crippen LogP contribution in [-0.2, 0) is 4.74 Å². The maximum absolute atomic E-state index is 12.4. The molecule has 32 heavy (non-hydrogen) atoms. The Morgan fingerprint density at radius 3 is 1.88 bits per heavy atom. The van der Waals surface area contributed by atoms with Crippen molar-refractivity contribution in [3.8, 4) is 5.75 Å².